The van der Waals surface area contributed by atoms with Crippen molar-refractivity contribution in [2.24, 2.45) is 5.73 Å². The summed E-state index contributed by atoms with van der Waals surface area (Å²) in [5, 5.41) is 6.72. The third-order valence-corrected chi connectivity index (χ3v) is 6.72. The molecule has 0 radical (unpaired) electrons. The lowest BCUT2D eigenvalue weighted by molar-refractivity contribution is -0.882. The van der Waals surface area contributed by atoms with Crippen molar-refractivity contribution in [3.05, 3.63) is 76.2 Å². The summed E-state index contributed by atoms with van der Waals surface area (Å²) in [6.45, 7) is -0.154. The lowest BCUT2D eigenvalue weighted by atomic mass is 10.1. The van der Waals surface area contributed by atoms with E-state index >= 15 is 0 Å². The first-order chi connectivity index (χ1) is 15.8. The maximum absolute atomic E-state index is 11.5. The number of phosphoric ester groups is 1. The zero-order chi connectivity index (χ0) is 23.4. The summed E-state index contributed by atoms with van der Waals surface area (Å²) in [5.74, 6) is 1.17. The number of hydrogen-bond donors (Lipinski definition) is 3. The molecular formula is C20H21ClN4O6PS+. The molecule has 3 heterocycles. The van der Waals surface area contributed by atoms with Gasteiger partial charge in [-0.15, -0.1) is 0 Å². The van der Waals surface area contributed by atoms with E-state index in [1.54, 1.807) is 17.7 Å². The van der Waals surface area contributed by atoms with Gasteiger partial charge in [0.2, 0.25) is 0 Å². The van der Waals surface area contributed by atoms with Gasteiger partial charge in [0.15, 0.2) is 18.7 Å². The van der Waals surface area contributed by atoms with E-state index in [2.05, 4.69) is 14.7 Å². The number of benzene rings is 1. The number of rotatable bonds is 9. The lowest BCUT2D eigenvalue weighted by Gasteiger charge is -2.25. The fraction of sp³-hybridized carbons (Fsp3) is 0.200. The van der Waals surface area contributed by atoms with Crippen molar-refractivity contribution in [1.29, 1.82) is 0 Å². The number of aromatic nitrogens is 2. The Hall–Kier alpha value is -2.34. The van der Waals surface area contributed by atoms with Crippen molar-refractivity contribution in [3.63, 3.8) is 0 Å². The van der Waals surface area contributed by atoms with Gasteiger partial charge in [0.1, 0.15) is 10.9 Å². The van der Waals surface area contributed by atoms with Crippen LogP contribution < -0.4 is 15.4 Å². The van der Waals surface area contributed by atoms with Gasteiger partial charge >= 0.3 is 7.82 Å². The van der Waals surface area contributed by atoms with Crippen molar-refractivity contribution in [2.75, 3.05) is 13.8 Å². The number of thiazole rings is 1. The lowest BCUT2D eigenvalue weighted by Crippen LogP contribution is -3.14. The van der Waals surface area contributed by atoms with E-state index in [0.717, 1.165) is 18.4 Å². The van der Waals surface area contributed by atoms with Crippen LogP contribution in [0.1, 0.15) is 17.0 Å². The number of nitrogens with two attached hydrogens (primary N) is 1. The zero-order valence-corrected chi connectivity index (χ0v) is 19.8. The van der Waals surface area contributed by atoms with Crippen LogP contribution in [0.25, 0.3) is 5.57 Å². The summed E-state index contributed by atoms with van der Waals surface area (Å²) < 4.78 is 32.1. The van der Waals surface area contributed by atoms with Crippen LogP contribution in [-0.2, 0) is 20.0 Å². The van der Waals surface area contributed by atoms with Crippen LogP contribution in [0.3, 0.4) is 0 Å². The van der Waals surface area contributed by atoms with Crippen LogP contribution in [0.4, 0.5) is 0 Å². The minimum atomic E-state index is -4.10. The van der Waals surface area contributed by atoms with Crippen molar-refractivity contribution in [1.82, 2.24) is 10.1 Å². The fourth-order valence-corrected chi connectivity index (χ4v) is 4.29. The predicted octanol–water partition coefficient (Wildman–Crippen LogP) is 2.97. The number of nitrogens with one attached hydrogen (secondary N) is 1. The van der Waals surface area contributed by atoms with Crippen LogP contribution >= 0.6 is 30.8 Å². The Morgan fingerprint density at radius 2 is 2.15 bits per heavy atom. The normalized spacial score (nSPS) is 19.8. The highest BCUT2D eigenvalue weighted by atomic mass is 35.5. The van der Waals surface area contributed by atoms with E-state index < -0.39 is 14.0 Å². The second kappa shape index (κ2) is 10.3. The molecule has 3 unspecified atom stereocenters. The Kier molecular flexibility index (Phi) is 7.42. The molecule has 0 amide bonds. The molecule has 1 aromatic carbocycles. The summed E-state index contributed by atoms with van der Waals surface area (Å²) in [5.41, 5.74) is 8.73. The Labute approximate surface area is 198 Å². The van der Waals surface area contributed by atoms with Crippen LogP contribution in [0.2, 0.25) is 5.15 Å². The third kappa shape index (κ3) is 6.17. The quantitative estimate of drug-likeness (QED) is 0.370. The highest BCUT2D eigenvalue weighted by Gasteiger charge is 2.30. The van der Waals surface area contributed by atoms with Gasteiger partial charge in [-0.25, -0.2) is 9.09 Å². The van der Waals surface area contributed by atoms with Crippen LogP contribution in [0.15, 0.2) is 58.6 Å². The molecule has 10 nitrogen and oxygen atoms in total. The summed E-state index contributed by atoms with van der Waals surface area (Å²) in [7, 11) is -3.00. The smallest absolute Gasteiger partial charge is 0.431 e. The molecule has 33 heavy (non-hydrogen) atoms. The minimum absolute atomic E-state index is 0.154. The van der Waals surface area contributed by atoms with Crippen LogP contribution in [0, 0.1) is 0 Å². The Balaban J connectivity index is 1.38. The largest absolute Gasteiger partial charge is 0.476 e. The number of phosphoric acid groups is 1. The summed E-state index contributed by atoms with van der Waals surface area (Å²) >= 11 is 7.13. The monoisotopic (exact) mass is 511 g/mol. The van der Waals surface area contributed by atoms with E-state index in [1.807, 2.05) is 36.4 Å². The van der Waals surface area contributed by atoms with Crippen LogP contribution in [0.5, 0.6) is 10.9 Å². The van der Waals surface area contributed by atoms with E-state index in [-0.39, 0.29) is 6.73 Å². The maximum atomic E-state index is 11.5. The SMILES string of the molecule is COP(=O)(O)OC[NH+]1C=CC=C(c2cc(Cc3ccc(Oc4nc(Cl)cs4)cc3)no2)C1N. The molecule has 13 heteroatoms. The molecule has 0 bridgehead atoms. The predicted molar refractivity (Wildman–Crippen MR) is 122 cm³/mol. The number of nitrogens with zero attached hydrogens (tertiary/aromatic N) is 2. The number of allylic oxidation sites excluding steroid dienone is 2. The molecule has 3 atom stereocenters. The van der Waals surface area contributed by atoms with Gasteiger partial charge in [0, 0.05) is 25.0 Å². The molecule has 4 rings (SSSR count). The second-order valence-electron chi connectivity index (χ2n) is 7.00. The molecule has 0 saturated carbocycles. The number of quaternary nitrogens is 1. The fourth-order valence-electron chi connectivity index (χ4n) is 3.07. The van der Waals surface area contributed by atoms with Gasteiger partial charge in [-0.3, -0.25) is 15.2 Å². The molecule has 2 aromatic heterocycles. The van der Waals surface area contributed by atoms with Gasteiger partial charge in [0.25, 0.3) is 5.19 Å². The van der Waals surface area contributed by atoms with Crippen molar-refractivity contribution < 1.29 is 32.7 Å². The number of ether oxygens (including phenoxy) is 1. The average molecular weight is 512 g/mol. The van der Waals surface area contributed by atoms with Crippen molar-refractivity contribution in [3.8, 4) is 10.9 Å². The zero-order valence-electron chi connectivity index (χ0n) is 17.4. The van der Waals surface area contributed by atoms with E-state index in [9.17, 15) is 9.46 Å². The third-order valence-electron chi connectivity index (χ3n) is 4.76. The molecule has 174 valence electrons. The summed E-state index contributed by atoms with van der Waals surface area (Å²) in [6.07, 6.45) is 5.27. The summed E-state index contributed by atoms with van der Waals surface area (Å²) in [4.78, 5) is 14.1. The molecular weight excluding hydrogens is 491 g/mol. The Morgan fingerprint density at radius 1 is 1.36 bits per heavy atom. The Bertz CT molecular complexity index is 1210. The molecule has 4 N–H and O–H groups in total. The minimum Gasteiger partial charge on any atom is -0.431 e. The molecule has 0 saturated heterocycles. The van der Waals surface area contributed by atoms with Crippen molar-refractivity contribution >= 4 is 36.3 Å². The molecule has 1 aliphatic rings. The highest BCUT2D eigenvalue weighted by molar-refractivity contribution is 7.47. The highest BCUT2D eigenvalue weighted by Crippen LogP contribution is 2.41. The Morgan fingerprint density at radius 3 is 2.85 bits per heavy atom. The van der Waals surface area contributed by atoms with Gasteiger partial charge in [-0.1, -0.05) is 40.2 Å². The second-order valence-corrected chi connectivity index (χ2v) is 9.77. The first-order valence-corrected chi connectivity index (χ1v) is 12.4. The van der Waals surface area contributed by atoms with Gasteiger partial charge in [-0.2, -0.15) is 4.98 Å². The van der Waals surface area contributed by atoms with E-state index in [0.29, 0.717) is 38.8 Å². The molecule has 0 fully saturated rings. The molecule has 3 aromatic rings. The summed E-state index contributed by atoms with van der Waals surface area (Å²) in [6, 6.07) is 9.37. The number of halogens is 1. The maximum Gasteiger partial charge on any atom is 0.476 e. The van der Waals surface area contributed by atoms with Gasteiger partial charge < -0.3 is 14.2 Å². The molecule has 0 aliphatic carbocycles. The van der Waals surface area contributed by atoms with Gasteiger partial charge in [-0.05, 0) is 29.8 Å². The topological polar surface area (TPSA) is 134 Å². The standard InChI is InChI=1S/C20H20ClN4O6PS/c1-28-32(26,27)29-12-25-8-2-3-16(19(25)22)17-10-14(24-31-17)9-13-4-6-15(7-5-13)30-20-23-18(21)11-33-20/h2-8,10-11,19H,9,12,22H2,1H3,(H,26,27)/p+1. The number of hydrogen-bond acceptors (Lipinski definition) is 9. The molecule has 1 aliphatic heterocycles. The first kappa shape index (κ1) is 23.8. The van der Waals surface area contributed by atoms with Crippen molar-refractivity contribution in [2.45, 2.75) is 12.6 Å². The van der Waals surface area contributed by atoms with Crippen LogP contribution in [-0.4, -0.2) is 35.0 Å². The van der Waals surface area contributed by atoms with E-state index in [1.165, 1.54) is 11.3 Å². The average Bonchev–Trinajstić information content (AvgIpc) is 3.43. The first-order valence-electron chi connectivity index (χ1n) is 9.69. The molecule has 0 spiro atoms. The van der Waals surface area contributed by atoms with E-state index in [4.69, 9.17) is 31.1 Å². The van der Waals surface area contributed by atoms with Gasteiger partial charge in [0.05, 0.1) is 17.5 Å².